The standard InChI is InChI=1S/C20H20N2O5/c1-2-24-16-8-10-17(11-9-16)25-13-12-19(23)26-14-18-21-22-20(27-18)15-6-4-3-5-7-15/h3-11H,2,12-14H2,1H3. The molecule has 1 heterocycles. The summed E-state index contributed by atoms with van der Waals surface area (Å²) in [7, 11) is 0. The van der Waals surface area contributed by atoms with Crippen molar-refractivity contribution in [3.05, 3.63) is 60.5 Å². The van der Waals surface area contributed by atoms with Crippen LogP contribution in [0.5, 0.6) is 11.5 Å². The first kappa shape index (κ1) is 18.4. The molecule has 0 saturated carbocycles. The zero-order valence-corrected chi connectivity index (χ0v) is 15.0. The lowest BCUT2D eigenvalue weighted by atomic mass is 10.2. The van der Waals surface area contributed by atoms with Gasteiger partial charge in [0.25, 0.3) is 5.89 Å². The molecule has 0 N–H and O–H groups in total. The number of carbonyl (C=O) groups excluding carboxylic acids is 1. The van der Waals surface area contributed by atoms with Gasteiger partial charge in [-0.2, -0.15) is 0 Å². The van der Waals surface area contributed by atoms with Crippen LogP contribution in [-0.4, -0.2) is 29.4 Å². The van der Waals surface area contributed by atoms with Gasteiger partial charge < -0.3 is 18.6 Å². The van der Waals surface area contributed by atoms with Crippen molar-refractivity contribution in [3.8, 4) is 23.0 Å². The van der Waals surface area contributed by atoms with Crippen molar-refractivity contribution in [2.75, 3.05) is 13.2 Å². The molecular weight excluding hydrogens is 348 g/mol. The number of hydrogen-bond acceptors (Lipinski definition) is 7. The zero-order chi connectivity index (χ0) is 18.9. The average Bonchev–Trinajstić information content (AvgIpc) is 3.18. The highest BCUT2D eigenvalue weighted by molar-refractivity contribution is 5.69. The molecule has 27 heavy (non-hydrogen) atoms. The summed E-state index contributed by atoms with van der Waals surface area (Å²) in [5, 5.41) is 7.82. The van der Waals surface area contributed by atoms with E-state index in [1.54, 1.807) is 12.1 Å². The fraction of sp³-hybridized carbons (Fsp3) is 0.250. The molecule has 7 heteroatoms. The van der Waals surface area contributed by atoms with Crippen LogP contribution in [0, 0.1) is 0 Å². The van der Waals surface area contributed by atoms with Crippen LogP contribution in [0.25, 0.3) is 11.5 Å². The van der Waals surface area contributed by atoms with Crippen LogP contribution in [-0.2, 0) is 16.1 Å². The van der Waals surface area contributed by atoms with Crippen LogP contribution in [0.2, 0.25) is 0 Å². The monoisotopic (exact) mass is 368 g/mol. The molecule has 0 amide bonds. The second-order valence-electron chi connectivity index (χ2n) is 5.53. The molecule has 140 valence electrons. The van der Waals surface area contributed by atoms with Crippen molar-refractivity contribution in [1.29, 1.82) is 0 Å². The average molecular weight is 368 g/mol. The molecule has 1 aromatic heterocycles. The maximum atomic E-state index is 11.8. The molecular formula is C20H20N2O5. The maximum Gasteiger partial charge on any atom is 0.309 e. The van der Waals surface area contributed by atoms with E-state index in [1.165, 1.54) is 0 Å². The fourth-order valence-electron chi connectivity index (χ4n) is 2.27. The van der Waals surface area contributed by atoms with Crippen LogP contribution in [0.3, 0.4) is 0 Å². The van der Waals surface area contributed by atoms with Crippen LogP contribution >= 0.6 is 0 Å². The van der Waals surface area contributed by atoms with E-state index in [0.29, 0.717) is 18.2 Å². The first-order chi connectivity index (χ1) is 13.2. The summed E-state index contributed by atoms with van der Waals surface area (Å²) in [5.41, 5.74) is 0.811. The third kappa shape index (κ3) is 5.57. The number of ether oxygens (including phenoxy) is 3. The fourth-order valence-corrected chi connectivity index (χ4v) is 2.27. The van der Waals surface area contributed by atoms with Gasteiger partial charge in [0.15, 0.2) is 6.61 Å². The molecule has 3 aromatic rings. The number of esters is 1. The Morgan fingerprint density at radius 3 is 2.37 bits per heavy atom. The van der Waals surface area contributed by atoms with Gasteiger partial charge >= 0.3 is 5.97 Å². The third-order valence-electron chi connectivity index (χ3n) is 3.55. The molecule has 0 bridgehead atoms. The van der Waals surface area contributed by atoms with Crippen molar-refractivity contribution in [2.24, 2.45) is 0 Å². The second-order valence-corrected chi connectivity index (χ2v) is 5.53. The van der Waals surface area contributed by atoms with Gasteiger partial charge in [0.1, 0.15) is 11.5 Å². The summed E-state index contributed by atoms with van der Waals surface area (Å²) < 4.78 is 21.5. The molecule has 2 aromatic carbocycles. The zero-order valence-electron chi connectivity index (χ0n) is 15.0. The summed E-state index contributed by atoms with van der Waals surface area (Å²) >= 11 is 0. The number of aromatic nitrogens is 2. The molecule has 0 aliphatic carbocycles. The Labute approximate surface area is 156 Å². The SMILES string of the molecule is CCOc1ccc(OCCC(=O)OCc2nnc(-c3ccccc3)o2)cc1. The molecule has 0 aliphatic heterocycles. The molecule has 0 radical (unpaired) electrons. The molecule has 0 aliphatic rings. The van der Waals surface area contributed by atoms with Gasteiger partial charge in [-0.05, 0) is 43.3 Å². The Hall–Kier alpha value is -3.35. The Morgan fingerprint density at radius 2 is 1.67 bits per heavy atom. The van der Waals surface area contributed by atoms with Gasteiger partial charge in [-0.3, -0.25) is 4.79 Å². The van der Waals surface area contributed by atoms with E-state index in [-0.39, 0.29) is 25.5 Å². The predicted molar refractivity (Wildman–Crippen MR) is 97.3 cm³/mol. The van der Waals surface area contributed by atoms with E-state index in [9.17, 15) is 4.79 Å². The number of hydrogen-bond donors (Lipinski definition) is 0. The van der Waals surface area contributed by atoms with Crippen molar-refractivity contribution in [3.63, 3.8) is 0 Å². The van der Waals surface area contributed by atoms with Crippen LogP contribution in [0.15, 0.2) is 59.0 Å². The first-order valence-corrected chi connectivity index (χ1v) is 8.63. The molecule has 0 saturated heterocycles. The summed E-state index contributed by atoms with van der Waals surface area (Å²) in [5.74, 6) is 1.67. The second kappa shape index (κ2) is 9.38. The molecule has 0 fully saturated rings. The van der Waals surface area contributed by atoms with Gasteiger partial charge in [-0.15, -0.1) is 10.2 Å². The number of nitrogens with zero attached hydrogens (tertiary/aromatic N) is 2. The lowest BCUT2D eigenvalue weighted by Gasteiger charge is -2.07. The van der Waals surface area contributed by atoms with Crippen molar-refractivity contribution >= 4 is 5.97 Å². The summed E-state index contributed by atoms with van der Waals surface area (Å²) in [6.07, 6.45) is 0.118. The van der Waals surface area contributed by atoms with E-state index >= 15 is 0 Å². The van der Waals surface area contributed by atoms with Crippen molar-refractivity contribution in [1.82, 2.24) is 10.2 Å². The predicted octanol–water partition coefficient (Wildman–Crippen LogP) is 3.65. The highest BCUT2D eigenvalue weighted by Crippen LogP contribution is 2.18. The molecule has 0 atom stereocenters. The molecule has 3 rings (SSSR count). The highest BCUT2D eigenvalue weighted by atomic mass is 16.5. The van der Waals surface area contributed by atoms with Crippen LogP contribution in [0.1, 0.15) is 19.2 Å². The summed E-state index contributed by atoms with van der Waals surface area (Å²) in [4.78, 5) is 11.8. The largest absolute Gasteiger partial charge is 0.494 e. The lowest BCUT2D eigenvalue weighted by Crippen LogP contribution is -2.10. The minimum absolute atomic E-state index is 0.0677. The minimum Gasteiger partial charge on any atom is -0.494 e. The third-order valence-corrected chi connectivity index (χ3v) is 3.55. The number of carbonyl (C=O) groups is 1. The van der Waals surface area contributed by atoms with E-state index in [2.05, 4.69) is 10.2 Å². The summed E-state index contributed by atoms with van der Waals surface area (Å²) in [6, 6.07) is 16.6. The van der Waals surface area contributed by atoms with Crippen molar-refractivity contribution in [2.45, 2.75) is 20.0 Å². The first-order valence-electron chi connectivity index (χ1n) is 8.63. The van der Waals surface area contributed by atoms with Crippen LogP contribution < -0.4 is 9.47 Å². The van der Waals surface area contributed by atoms with E-state index in [4.69, 9.17) is 18.6 Å². The van der Waals surface area contributed by atoms with Crippen LogP contribution in [0.4, 0.5) is 0 Å². The Morgan fingerprint density at radius 1 is 0.963 bits per heavy atom. The van der Waals surface area contributed by atoms with Gasteiger partial charge in [0.2, 0.25) is 5.89 Å². The number of benzene rings is 2. The Bertz CT molecular complexity index is 846. The van der Waals surface area contributed by atoms with E-state index in [1.807, 2.05) is 49.4 Å². The van der Waals surface area contributed by atoms with Gasteiger partial charge in [0, 0.05) is 5.56 Å². The van der Waals surface area contributed by atoms with Gasteiger partial charge in [-0.25, -0.2) is 0 Å². The van der Waals surface area contributed by atoms with E-state index in [0.717, 1.165) is 11.3 Å². The maximum absolute atomic E-state index is 11.8. The topological polar surface area (TPSA) is 83.7 Å². The molecule has 0 spiro atoms. The normalized spacial score (nSPS) is 10.4. The van der Waals surface area contributed by atoms with Gasteiger partial charge in [0.05, 0.1) is 19.6 Å². The van der Waals surface area contributed by atoms with E-state index < -0.39 is 5.97 Å². The lowest BCUT2D eigenvalue weighted by molar-refractivity contribution is -0.146. The number of rotatable bonds is 9. The Balaban J connectivity index is 1.39. The molecule has 7 nitrogen and oxygen atoms in total. The Kier molecular flexibility index (Phi) is 6.40. The smallest absolute Gasteiger partial charge is 0.309 e. The minimum atomic E-state index is -0.402. The van der Waals surface area contributed by atoms with Gasteiger partial charge in [-0.1, -0.05) is 18.2 Å². The highest BCUT2D eigenvalue weighted by Gasteiger charge is 2.11. The quantitative estimate of drug-likeness (QED) is 0.533. The summed E-state index contributed by atoms with van der Waals surface area (Å²) in [6.45, 7) is 2.68. The molecule has 0 unspecified atom stereocenters. The van der Waals surface area contributed by atoms with Crippen molar-refractivity contribution < 1.29 is 23.4 Å².